The zero-order chi connectivity index (χ0) is 14.6. The van der Waals surface area contributed by atoms with Crippen molar-refractivity contribution in [1.82, 2.24) is 0 Å². The second-order valence-corrected chi connectivity index (χ2v) is 5.03. The number of halogens is 2. The predicted molar refractivity (Wildman–Crippen MR) is 74.4 cm³/mol. The van der Waals surface area contributed by atoms with Crippen LogP contribution in [-0.4, -0.2) is 5.11 Å². The third-order valence-electron chi connectivity index (χ3n) is 3.74. The fraction of sp³-hybridized carbons (Fsp3) is 0.0588. The van der Waals surface area contributed by atoms with E-state index in [4.69, 9.17) is 4.74 Å². The standard InChI is InChI=1S/C17H10F2O2/c18-10-2-4-12-9(7-10)1-5-15-16(12)17(20)13-8-11(19)3-6-14(13)21-15/h1-8,17,20H. The Morgan fingerprint density at radius 2 is 1.57 bits per heavy atom. The molecule has 3 aromatic carbocycles. The number of hydrogen-bond acceptors (Lipinski definition) is 2. The lowest BCUT2D eigenvalue weighted by Gasteiger charge is -2.26. The number of rotatable bonds is 0. The van der Waals surface area contributed by atoms with E-state index in [-0.39, 0.29) is 5.82 Å². The van der Waals surface area contributed by atoms with Crippen LogP contribution in [0.1, 0.15) is 17.2 Å². The summed E-state index contributed by atoms with van der Waals surface area (Å²) in [7, 11) is 0. The molecule has 0 amide bonds. The van der Waals surface area contributed by atoms with Crippen molar-refractivity contribution in [2.45, 2.75) is 6.10 Å². The van der Waals surface area contributed by atoms with Gasteiger partial charge in [0.2, 0.25) is 0 Å². The fourth-order valence-electron chi connectivity index (χ4n) is 2.78. The largest absolute Gasteiger partial charge is 0.457 e. The number of benzene rings is 3. The minimum atomic E-state index is -1.01. The maximum Gasteiger partial charge on any atom is 0.134 e. The normalized spacial score (nSPS) is 16.2. The molecule has 1 unspecified atom stereocenters. The lowest BCUT2D eigenvalue weighted by molar-refractivity contribution is 0.204. The summed E-state index contributed by atoms with van der Waals surface area (Å²) in [5.74, 6) is 0.143. The van der Waals surface area contributed by atoms with Gasteiger partial charge in [-0.05, 0) is 47.2 Å². The van der Waals surface area contributed by atoms with Gasteiger partial charge in [0.15, 0.2) is 0 Å². The minimum Gasteiger partial charge on any atom is -0.457 e. The van der Waals surface area contributed by atoms with Crippen molar-refractivity contribution in [1.29, 1.82) is 0 Å². The summed E-state index contributed by atoms with van der Waals surface area (Å²) < 4.78 is 32.4. The minimum absolute atomic E-state index is 0.347. The van der Waals surface area contributed by atoms with Crippen LogP contribution >= 0.6 is 0 Å². The van der Waals surface area contributed by atoms with Crippen molar-refractivity contribution in [3.8, 4) is 11.5 Å². The summed E-state index contributed by atoms with van der Waals surface area (Å²) in [5, 5.41) is 11.9. The van der Waals surface area contributed by atoms with Crippen molar-refractivity contribution in [3.63, 3.8) is 0 Å². The molecule has 104 valence electrons. The molecule has 0 spiro atoms. The molecule has 1 aliphatic rings. The van der Waals surface area contributed by atoms with Crippen molar-refractivity contribution in [3.05, 3.63) is 71.3 Å². The van der Waals surface area contributed by atoms with Gasteiger partial charge in [0.1, 0.15) is 29.2 Å². The van der Waals surface area contributed by atoms with Crippen LogP contribution in [0.3, 0.4) is 0 Å². The Kier molecular flexibility index (Phi) is 2.50. The van der Waals surface area contributed by atoms with E-state index in [1.807, 2.05) is 0 Å². The Morgan fingerprint density at radius 1 is 0.857 bits per heavy atom. The van der Waals surface area contributed by atoms with Gasteiger partial charge in [0.25, 0.3) is 0 Å². The topological polar surface area (TPSA) is 29.5 Å². The lowest BCUT2D eigenvalue weighted by atomic mass is 9.92. The molecule has 0 bridgehead atoms. The van der Waals surface area contributed by atoms with E-state index < -0.39 is 11.9 Å². The van der Waals surface area contributed by atoms with Crippen LogP contribution < -0.4 is 4.74 Å². The van der Waals surface area contributed by atoms with E-state index in [1.54, 1.807) is 18.2 Å². The Morgan fingerprint density at radius 3 is 2.43 bits per heavy atom. The highest BCUT2D eigenvalue weighted by molar-refractivity contribution is 5.89. The zero-order valence-electron chi connectivity index (χ0n) is 10.8. The molecule has 0 radical (unpaired) electrons. The van der Waals surface area contributed by atoms with Crippen LogP contribution in [0, 0.1) is 11.6 Å². The maximum absolute atomic E-state index is 13.4. The van der Waals surface area contributed by atoms with Gasteiger partial charge in [-0.2, -0.15) is 0 Å². The Balaban J connectivity index is 2.00. The number of aliphatic hydroxyl groups excluding tert-OH is 1. The van der Waals surface area contributed by atoms with Crippen molar-refractivity contribution in [2.75, 3.05) is 0 Å². The van der Waals surface area contributed by atoms with Crippen LogP contribution in [0.25, 0.3) is 10.8 Å². The first kappa shape index (κ1) is 12.3. The number of aliphatic hydroxyl groups is 1. The molecule has 0 aromatic heterocycles. The predicted octanol–water partition coefficient (Wildman–Crippen LogP) is 4.31. The SMILES string of the molecule is OC1c2cc(F)ccc2Oc2ccc3cc(F)ccc3c21. The van der Waals surface area contributed by atoms with Gasteiger partial charge < -0.3 is 9.84 Å². The number of fused-ring (bicyclic) bond motifs is 4. The van der Waals surface area contributed by atoms with Gasteiger partial charge in [0.05, 0.1) is 0 Å². The average molecular weight is 284 g/mol. The zero-order valence-corrected chi connectivity index (χ0v) is 10.8. The molecular weight excluding hydrogens is 274 g/mol. The number of hydrogen-bond donors (Lipinski definition) is 1. The highest BCUT2D eigenvalue weighted by Gasteiger charge is 2.27. The lowest BCUT2D eigenvalue weighted by Crippen LogP contribution is -2.10. The van der Waals surface area contributed by atoms with Crippen molar-refractivity contribution < 1.29 is 18.6 Å². The van der Waals surface area contributed by atoms with Gasteiger partial charge >= 0.3 is 0 Å². The Hall–Kier alpha value is -2.46. The molecule has 0 fully saturated rings. The third-order valence-corrected chi connectivity index (χ3v) is 3.74. The van der Waals surface area contributed by atoms with Crippen LogP contribution in [0.5, 0.6) is 11.5 Å². The van der Waals surface area contributed by atoms with Gasteiger partial charge in [-0.25, -0.2) is 8.78 Å². The van der Waals surface area contributed by atoms with Crippen molar-refractivity contribution in [2.24, 2.45) is 0 Å². The van der Waals surface area contributed by atoms with E-state index in [9.17, 15) is 13.9 Å². The Bertz CT molecular complexity index is 874. The van der Waals surface area contributed by atoms with Crippen molar-refractivity contribution >= 4 is 10.8 Å². The van der Waals surface area contributed by atoms with Gasteiger partial charge in [-0.1, -0.05) is 12.1 Å². The van der Waals surface area contributed by atoms with E-state index in [2.05, 4.69) is 0 Å². The van der Waals surface area contributed by atoms with Crippen LogP contribution in [0.4, 0.5) is 8.78 Å². The molecular formula is C17H10F2O2. The number of ether oxygens (including phenoxy) is 1. The van der Waals surface area contributed by atoms with E-state index in [0.29, 0.717) is 33.4 Å². The molecule has 1 atom stereocenters. The molecule has 3 aromatic rings. The Labute approximate surface area is 119 Å². The second-order valence-electron chi connectivity index (χ2n) is 5.03. The van der Waals surface area contributed by atoms with Crippen LogP contribution in [0.2, 0.25) is 0 Å². The fourth-order valence-corrected chi connectivity index (χ4v) is 2.78. The summed E-state index contributed by atoms with van der Waals surface area (Å²) >= 11 is 0. The average Bonchev–Trinajstić information content (AvgIpc) is 2.47. The quantitative estimate of drug-likeness (QED) is 0.666. The molecule has 0 saturated carbocycles. The monoisotopic (exact) mass is 284 g/mol. The summed E-state index contributed by atoms with van der Waals surface area (Å²) in [6.07, 6.45) is -1.01. The maximum atomic E-state index is 13.4. The molecule has 2 nitrogen and oxygen atoms in total. The molecule has 1 aliphatic heterocycles. The molecule has 21 heavy (non-hydrogen) atoms. The summed E-state index contributed by atoms with van der Waals surface area (Å²) in [4.78, 5) is 0. The van der Waals surface area contributed by atoms with Crippen LogP contribution in [-0.2, 0) is 0 Å². The van der Waals surface area contributed by atoms with E-state index in [1.165, 1.54) is 30.3 Å². The molecule has 1 heterocycles. The highest BCUT2D eigenvalue weighted by atomic mass is 19.1. The molecule has 0 saturated heterocycles. The van der Waals surface area contributed by atoms with E-state index >= 15 is 0 Å². The molecule has 4 heteroatoms. The summed E-state index contributed by atoms with van der Waals surface area (Å²) in [6.45, 7) is 0. The molecule has 4 rings (SSSR count). The molecule has 1 N–H and O–H groups in total. The van der Waals surface area contributed by atoms with Gasteiger partial charge in [-0.15, -0.1) is 0 Å². The van der Waals surface area contributed by atoms with Crippen LogP contribution in [0.15, 0.2) is 48.5 Å². The van der Waals surface area contributed by atoms with E-state index in [0.717, 1.165) is 0 Å². The third kappa shape index (κ3) is 1.80. The first-order valence-corrected chi connectivity index (χ1v) is 6.51. The summed E-state index contributed by atoms with van der Waals surface area (Å²) in [5.41, 5.74) is 0.907. The summed E-state index contributed by atoms with van der Waals surface area (Å²) in [6, 6.07) is 11.8. The highest BCUT2D eigenvalue weighted by Crippen LogP contribution is 2.45. The van der Waals surface area contributed by atoms with Gasteiger partial charge in [-0.3, -0.25) is 0 Å². The first-order valence-electron chi connectivity index (χ1n) is 6.51. The smallest absolute Gasteiger partial charge is 0.134 e. The second kappa shape index (κ2) is 4.27. The molecule has 0 aliphatic carbocycles. The first-order chi connectivity index (χ1) is 10.1. The van der Waals surface area contributed by atoms with Gasteiger partial charge in [0, 0.05) is 11.1 Å².